The van der Waals surface area contributed by atoms with Gasteiger partial charge in [0.1, 0.15) is 0 Å². The summed E-state index contributed by atoms with van der Waals surface area (Å²) in [6, 6.07) is 16.3. The zero-order chi connectivity index (χ0) is 36.4. The maximum Gasteiger partial charge on any atom is 0.335 e. The Morgan fingerprint density at radius 1 is 0.531 bits per heavy atom. The summed E-state index contributed by atoms with van der Waals surface area (Å²) in [5, 5.41) is 88.4. The molecule has 0 aromatic heterocycles. The smallest absolute Gasteiger partial charge is 0.335 e. The van der Waals surface area contributed by atoms with Crippen LogP contribution in [0.2, 0.25) is 0 Å². The molecule has 258 valence electrons. The summed E-state index contributed by atoms with van der Waals surface area (Å²) in [5.41, 5.74) is -0.453. The maximum atomic E-state index is 12.9. The minimum atomic E-state index is -1.53. The molecular weight excluding hydrogens is 648 g/mol. The minimum absolute atomic E-state index is 0.158. The monoisotopic (exact) mass is 674 g/mol. The van der Waals surface area contributed by atoms with Gasteiger partial charge in [0.25, 0.3) is 0 Å². The summed E-state index contributed by atoms with van der Waals surface area (Å²) in [6.45, 7) is -3.25. The van der Waals surface area contributed by atoms with E-state index < -0.39 is 73.5 Å². The fraction of sp³-hybridized carbons (Fsp3) is 0.212. The first-order valence-electron chi connectivity index (χ1n) is 14.2. The molecule has 0 bridgehead atoms. The summed E-state index contributed by atoms with van der Waals surface area (Å²) < 4.78 is 0. The molecule has 0 aliphatic carbocycles. The van der Waals surface area contributed by atoms with Crippen molar-refractivity contribution in [3.05, 3.63) is 82.9 Å². The molecule has 0 atom stereocenters. The molecule has 0 spiro atoms. The Hall–Kier alpha value is -6.26. The second kappa shape index (κ2) is 16.5. The number of carbonyl (C=O) groups excluding carboxylic acids is 4. The molecule has 16 nitrogen and oxygen atoms in total. The van der Waals surface area contributed by atoms with E-state index in [1.165, 1.54) is 12.1 Å². The normalized spacial score (nSPS) is 10.9. The van der Waals surface area contributed by atoms with E-state index in [9.17, 15) is 69.6 Å². The van der Waals surface area contributed by atoms with Crippen LogP contribution in [-0.4, -0.2) is 95.1 Å². The largest absolute Gasteiger partial charge is 0.872 e. The molecule has 0 heterocycles. The Bertz CT molecular complexity index is 1750. The van der Waals surface area contributed by atoms with E-state index in [0.29, 0.717) is 21.5 Å². The Kier molecular flexibility index (Phi) is 12.5. The SMILES string of the molecule is O=C(O)c1cc2ccccc2c(Cc2c([O-])c(C(=O)O)cc3ccccc23)c1[O-].O=C([O-])CN(CCN(CC(=O)[O-])CC(=O)[O-])CC(=O)[O-]. The van der Waals surface area contributed by atoms with Gasteiger partial charge in [-0.3, -0.25) is 9.80 Å². The number of carboxylic acids is 6. The van der Waals surface area contributed by atoms with Crippen molar-refractivity contribution < 1.29 is 69.6 Å². The fourth-order valence-electron chi connectivity index (χ4n) is 5.09. The van der Waals surface area contributed by atoms with Gasteiger partial charge in [0, 0.05) is 39.3 Å². The molecule has 49 heavy (non-hydrogen) atoms. The van der Waals surface area contributed by atoms with Gasteiger partial charge in [-0.2, -0.15) is 0 Å². The van der Waals surface area contributed by atoms with Crippen LogP contribution in [0.1, 0.15) is 31.8 Å². The number of fused-ring (bicyclic) bond motifs is 2. The highest BCUT2D eigenvalue weighted by Crippen LogP contribution is 2.36. The minimum Gasteiger partial charge on any atom is -0.872 e. The summed E-state index contributed by atoms with van der Waals surface area (Å²) in [4.78, 5) is 66.5. The number of carbonyl (C=O) groups is 6. The molecule has 0 saturated carbocycles. The third-order valence-corrected chi connectivity index (χ3v) is 7.17. The van der Waals surface area contributed by atoms with Gasteiger partial charge in [0.2, 0.25) is 0 Å². The van der Waals surface area contributed by atoms with Crippen LogP contribution in [0.5, 0.6) is 11.5 Å². The molecule has 4 aromatic carbocycles. The molecule has 16 heteroatoms. The number of benzene rings is 4. The van der Waals surface area contributed by atoms with E-state index in [-0.39, 0.29) is 41.8 Å². The van der Waals surface area contributed by atoms with E-state index >= 15 is 0 Å². The number of hydrogen-bond donors (Lipinski definition) is 2. The first-order valence-corrected chi connectivity index (χ1v) is 14.2. The number of nitrogens with zero attached hydrogens (tertiary/aromatic N) is 2. The van der Waals surface area contributed by atoms with Crippen LogP contribution in [0, 0.1) is 0 Å². The molecular formula is C33H26N2O14-6. The van der Waals surface area contributed by atoms with E-state index in [1.54, 1.807) is 48.5 Å². The van der Waals surface area contributed by atoms with Crippen molar-refractivity contribution in [2.24, 2.45) is 0 Å². The van der Waals surface area contributed by atoms with Gasteiger partial charge in [-0.05, 0) is 51.2 Å². The molecule has 0 aliphatic heterocycles. The Balaban J connectivity index is 0.000000288. The average Bonchev–Trinajstić information content (AvgIpc) is 3.00. The predicted molar refractivity (Wildman–Crippen MR) is 156 cm³/mol. The summed E-state index contributed by atoms with van der Waals surface area (Å²) in [6.07, 6.45) is -0.166. The number of aliphatic carboxylic acids is 4. The van der Waals surface area contributed by atoms with Crippen molar-refractivity contribution in [2.75, 3.05) is 39.3 Å². The van der Waals surface area contributed by atoms with Gasteiger partial charge in [-0.1, -0.05) is 60.0 Å². The lowest BCUT2D eigenvalue weighted by molar-refractivity contribution is -0.314. The lowest BCUT2D eigenvalue weighted by Crippen LogP contribution is -2.50. The lowest BCUT2D eigenvalue weighted by atomic mass is 9.90. The first kappa shape index (κ1) is 37.2. The van der Waals surface area contributed by atoms with Crippen molar-refractivity contribution in [3.63, 3.8) is 0 Å². The average molecular weight is 675 g/mol. The number of rotatable bonds is 15. The van der Waals surface area contributed by atoms with Gasteiger partial charge in [-0.25, -0.2) is 9.59 Å². The standard InChI is InChI=1S/C23H16O6.C10H16N2O8/c24-20-16(14-7-3-1-5-12(14)9-18(20)22(26)27)11-17-15-8-4-2-6-13(15)10-19(21(17)25)23(28)29;13-7(14)3-11(4-8(15)16)1-2-12(5-9(17)18)6-10(19)20/h1-10,24-25H,11H2,(H,26,27)(H,28,29);1-6H2,(H,13,14)(H,15,16)(H,17,18)(H,19,20)/p-6. The van der Waals surface area contributed by atoms with Crippen LogP contribution in [-0.2, 0) is 25.6 Å². The fourth-order valence-corrected chi connectivity index (χ4v) is 5.09. The van der Waals surface area contributed by atoms with E-state index in [0.717, 1.165) is 9.80 Å². The maximum absolute atomic E-state index is 12.9. The third-order valence-electron chi connectivity index (χ3n) is 7.17. The Morgan fingerprint density at radius 3 is 1.12 bits per heavy atom. The Morgan fingerprint density at radius 2 is 0.837 bits per heavy atom. The second-order valence-electron chi connectivity index (χ2n) is 10.6. The highest BCUT2D eigenvalue weighted by atomic mass is 16.4. The molecule has 0 amide bonds. The molecule has 4 aromatic rings. The molecule has 2 N–H and O–H groups in total. The van der Waals surface area contributed by atoms with Gasteiger partial charge in [0.15, 0.2) is 0 Å². The van der Waals surface area contributed by atoms with Gasteiger partial charge in [0.05, 0.1) is 35.0 Å². The molecule has 4 rings (SSSR count). The van der Waals surface area contributed by atoms with Crippen LogP contribution in [0.15, 0.2) is 60.7 Å². The van der Waals surface area contributed by atoms with E-state index in [4.69, 9.17) is 0 Å². The summed E-state index contributed by atoms with van der Waals surface area (Å²) in [5.74, 6) is -10.2. The predicted octanol–water partition coefficient (Wildman–Crippen LogP) is -4.28. The molecule has 0 saturated heterocycles. The molecule has 0 fully saturated rings. The van der Waals surface area contributed by atoms with Gasteiger partial charge in [-0.15, -0.1) is 0 Å². The number of hydrogen-bond acceptors (Lipinski definition) is 14. The quantitative estimate of drug-likeness (QED) is 0.121. The van der Waals surface area contributed by atoms with Crippen molar-refractivity contribution in [1.82, 2.24) is 9.80 Å². The highest BCUT2D eigenvalue weighted by molar-refractivity contribution is 6.02. The van der Waals surface area contributed by atoms with Crippen LogP contribution in [0.25, 0.3) is 21.5 Å². The zero-order valence-electron chi connectivity index (χ0n) is 25.4. The zero-order valence-corrected chi connectivity index (χ0v) is 25.4. The summed E-state index contributed by atoms with van der Waals surface area (Å²) >= 11 is 0. The van der Waals surface area contributed by atoms with Crippen LogP contribution >= 0.6 is 0 Å². The lowest BCUT2D eigenvalue weighted by Gasteiger charge is -2.28. The number of carboxylic acid groups (broad SMARTS) is 6. The van der Waals surface area contributed by atoms with Gasteiger partial charge < -0.3 is 60.0 Å². The molecule has 0 aliphatic rings. The first-order chi connectivity index (χ1) is 23.1. The topological polar surface area (TPSA) is 288 Å². The van der Waals surface area contributed by atoms with Crippen molar-refractivity contribution >= 4 is 57.4 Å². The van der Waals surface area contributed by atoms with Crippen molar-refractivity contribution in [2.45, 2.75) is 6.42 Å². The highest BCUT2D eigenvalue weighted by Gasteiger charge is 2.17. The van der Waals surface area contributed by atoms with Crippen LogP contribution in [0.4, 0.5) is 0 Å². The van der Waals surface area contributed by atoms with E-state index in [2.05, 4.69) is 0 Å². The van der Waals surface area contributed by atoms with Crippen molar-refractivity contribution in [1.29, 1.82) is 0 Å². The van der Waals surface area contributed by atoms with Crippen molar-refractivity contribution in [3.8, 4) is 11.5 Å². The van der Waals surface area contributed by atoms with Gasteiger partial charge >= 0.3 is 11.9 Å². The molecule has 0 radical (unpaired) electrons. The Labute approximate surface area is 276 Å². The summed E-state index contributed by atoms with van der Waals surface area (Å²) in [7, 11) is 0. The third kappa shape index (κ3) is 10.1. The second-order valence-corrected chi connectivity index (χ2v) is 10.6. The van der Waals surface area contributed by atoms with Crippen LogP contribution < -0.4 is 30.6 Å². The van der Waals surface area contributed by atoms with E-state index in [1.807, 2.05) is 0 Å². The molecule has 0 unspecified atom stereocenters. The number of aromatic carboxylic acids is 2. The van der Waals surface area contributed by atoms with Crippen LogP contribution in [0.3, 0.4) is 0 Å².